The van der Waals surface area contributed by atoms with E-state index in [0.29, 0.717) is 5.02 Å². The summed E-state index contributed by atoms with van der Waals surface area (Å²) < 4.78 is 0. The Morgan fingerprint density at radius 2 is 2.12 bits per heavy atom. The number of rotatable bonds is 1. The summed E-state index contributed by atoms with van der Waals surface area (Å²) in [5, 5.41) is 0.647. The highest BCUT2D eigenvalue weighted by atomic mass is 35.5. The fraction of sp³-hybridized carbons (Fsp3) is 0.143. The van der Waals surface area contributed by atoms with E-state index in [2.05, 4.69) is 21.8 Å². The van der Waals surface area contributed by atoms with Gasteiger partial charge in [-0.3, -0.25) is 9.97 Å². The topological polar surface area (TPSA) is 25.8 Å². The number of aryl methyl sites for hydroxylation is 1. The summed E-state index contributed by atoms with van der Waals surface area (Å²) in [5.41, 5.74) is 2.60. The van der Waals surface area contributed by atoms with Gasteiger partial charge in [0.1, 0.15) is 0 Å². The third-order valence-corrected chi connectivity index (χ3v) is 2.62. The Hall–Kier alpha value is -1.85. The van der Waals surface area contributed by atoms with Crippen molar-refractivity contribution in [2.75, 3.05) is 0 Å². The first kappa shape index (κ1) is 11.6. The highest BCUT2D eigenvalue weighted by molar-refractivity contribution is 6.31. The van der Waals surface area contributed by atoms with Crippen LogP contribution in [0.5, 0.6) is 0 Å². The van der Waals surface area contributed by atoms with Crippen molar-refractivity contribution in [3.8, 4) is 11.8 Å². The molecule has 2 rings (SSSR count). The van der Waals surface area contributed by atoms with Crippen molar-refractivity contribution in [1.82, 2.24) is 9.97 Å². The second-order valence-electron chi connectivity index (χ2n) is 3.46. The van der Waals surface area contributed by atoms with Gasteiger partial charge < -0.3 is 0 Å². The van der Waals surface area contributed by atoms with Crippen molar-refractivity contribution in [3.05, 3.63) is 58.6 Å². The molecule has 0 fully saturated rings. The van der Waals surface area contributed by atoms with Crippen LogP contribution >= 0.6 is 11.6 Å². The number of hydrogen-bond donors (Lipinski definition) is 0. The van der Waals surface area contributed by atoms with Gasteiger partial charge in [0.05, 0.1) is 16.3 Å². The Morgan fingerprint density at radius 3 is 2.82 bits per heavy atom. The Balaban J connectivity index is 2.40. The van der Waals surface area contributed by atoms with E-state index in [0.717, 1.165) is 23.2 Å². The van der Waals surface area contributed by atoms with Crippen LogP contribution in [0.1, 0.15) is 23.7 Å². The molecule has 0 radical (unpaired) electrons. The third-order valence-electron chi connectivity index (χ3n) is 2.31. The molecule has 0 spiro atoms. The normalized spacial score (nSPS) is 9.53. The molecule has 0 N–H and O–H groups in total. The minimum Gasteiger partial charge on any atom is -0.263 e. The molecule has 0 aromatic carbocycles. The van der Waals surface area contributed by atoms with Gasteiger partial charge >= 0.3 is 0 Å². The van der Waals surface area contributed by atoms with Crippen molar-refractivity contribution in [3.63, 3.8) is 0 Å². The van der Waals surface area contributed by atoms with Crippen LogP contribution in [0, 0.1) is 11.8 Å². The molecule has 2 aromatic heterocycles. The lowest BCUT2D eigenvalue weighted by Gasteiger charge is -2.01. The van der Waals surface area contributed by atoms with Gasteiger partial charge in [-0.25, -0.2) is 0 Å². The largest absolute Gasteiger partial charge is 0.263 e. The lowest BCUT2D eigenvalue weighted by molar-refractivity contribution is 1.03. The Labute approximate surface area is 106 Å². The number of nitrogens with zero attached hydrogens (tertiary/aromatic N) is 2. The number of halogens is 1. The molecule has 84 valence electrons. The van der Waals surface area contributed by atoms with Crippen LogP contribution in [0.3, 0.4) is 0 Å². The molecule has 0 aliphatic heterocycles. The highest BCUT2D eigenvalue weighted by Crippen LogP contribution is 2.17. The van der Waals surface area contributed by atoms with Gasteiger partial charge in [-0.2, -0.15) is 0 Å². The lowest BCUT2D eigenvalue weighted by atomic mass is 10.1. The van der Waals surface area contributed by atoms with Gasteiger partial charge in [0, 0.05) is 24.2 Å². The molecule has 0 aliphatic rings. The molecule has 0 atom stereocenters. The predicted molar refractivity (Wildman–Crippen MR) is 68.8 cm³/mol. The zero-order valence-corrected chi connectivity index (χ0v) is 10.2. The highest BCUT2D eigenvalue weighted by Gasteiger charge is 2.03. The van der Waals surface area contributed by atoms with E-state index in [9.17, 15) is 0 Å². The third kappa shape index (κ3) is 2.83. The molecule has 2 heterocycles. The molecule has 17 heavy (non-hydrogen) atoms. The fourth-order valence-corrected chi connectivity index (χ4v) is 1.66. The molecule has 2 nitrogen and oxygen atoms in total. The van der Waals surface area contributed by atoms with Crippen molar-refractivity contribution in [2.24, 2.45) is 0 Å². The molecule has 0 bridgehead atoms. The predicted octanol–water partition coefficient (Wildman–Crippen LogP) is 3.09. The Kier molecular flexibility index (Phi) is 3.74. The molecule has 3 heteroatoms. The first-order valence-corrected chi connectivity index (χ1v) is 5.74. The summed E-state index contributed by atoms with van der Waals surface area (Å²) in [5.74, 6) is 6.10. The van der Waals surface area contributed by atoms with Crippen LogP contribution < -0.4 is 0 Å². The van der Waals surface area contributed by atoms with E-state index >= 15 is 0 Å². The van der Waals surface area contributed by atoms with Crippen LogP contribution in [0.2, 0.25) is 5.02 Å². The Morgan fingerprint density at radius 1 is 1.24 bits per heavy atom. The van der Waals surface area contributed by atoms with E-state index in [4.69, 9.17) is 11.6 Å². The number of hydrogen-bond acceptors (Lipinski definition) is 2. The van der Waals surface area contributed by atoms with E-state index in [1.54, 1.807) is 24.7 Å². The van der Waals surface area contributed by atoms with Gasteiger partial charge in [0.25, 0.3) is 0 Å². The molecular weight excluding hydrogens is 232 g/mol. The van der Waals surface area contributed by atoms with Crippen molar-refractivity contribution in [2.45, 2.75) is 13.3 Å². The SMILES string of the molecule is CCc1nccc(Cl)c1C#Cc1cccnc1. The standard InChI is InChI=1S/C14H11ClN2/c1-2-14-12(13(15)7-9-17-14)6-5-11-4-3-8-16-10-11/h3-4,7-10H,2H2,1H3. The van der Waals surface area contributed by atoms with Crippen molar-refractivity contribution < 1.29 is 0 Å². The molecule has 0 unspecified atom stereocenters. The van der Waals surface area contributed by atoms with E-state index in [1.807, 2.05) is 19.1 Å². The van der Waals surface area contributed by atoms with E-state index in [1.165, 1.54) is 0 Å². The zero-order valence-electron chi connectivity index (χ0n) is 9.44. The first-order chi connectivity index (χ1) is 8.31. The average Bonchev–Trinajstić information content (AvgIpc) is 2.38. The molecule has 0 amide bonds. The molecular formula is C14H11ClN2. The van der Waals surface area contributed by atoms with Crippen LogP contribution in [0.4, 0.5) is 0 Å². The van der Waals surface area contributed by atoms with Crippen LogP contribution in [-0.2, 0) is 6.42 Å². The number of aromatic nitrogens is 2. The maximum atomic E-state index is 6.12. The Bertz CT molecular complexity index is 568. The van der Waals surface area contributed by atoms with Crippen LogP contribution in [-0.4, -0.2) is 9.97 Å². The average molecular weight is 243 g/mol. The van der Waals surface area contributed by atoms with Crippen molar-refractivity contribution >= 4 is 11.6 Å². The summed E-state index contributed by atoms with van der Waals surface area (Å²) in [6, 6.07) is 5.53. The second kappa shape index (κ2) is 5.47. The maximum absolute atomic E-state index is 6.12. The van der Waals surface area contributed by atoms with Crippen molar-refractivity contribution in [1.29, 1.82) is 0 Å². The van der Waals surface area contributed by atoms with Gasteiger partial charge in [0.15, 0.2) is 0 Å². The molecule has 0 saturated carbocycles. The summed E-state index contributed by atoms with van der Waals surface area (Å²) in [6.07, 6.45) is 5.97. The first-order valence-electron chi connectivity index (χ1n) is 5.36. The summed E-state index contributed by atoms with van der Waals surface area (Å²) >= 11 is 6.12. The van der Waals surface area contributed by atoms with Gasteiger partial charge in [-0.15, -0.1) is 0 Å². The van der Waals surface area contributed by atoms with Gasteiger partial charge in [-0.1, -0.05) is 30.4 Å². The smallest absolute Gasteiger partial charge is 0.0650 e. The molecule has 2 aromatic rings. The van der Waals surface area contributed by atoms with Crippen LogP contribution in [0.25, 0.3) is 0 Å². The van der Waals surface area contributed by atoms with Crippen LogP contribution in [0.15, 0.2) is 36.8 Å². The fourth-order valence-electron chi connectivity index (χ4n) is 1.45. The monoisotopic (exact) mass is 242 g/mol. The second-order valence-corrected chi connectivity index (χ2v) is 3.87. The molecule has 0 saturated heterocycles. The summed E-state index contributed by atoms with van der Waals surface area (Å²) in [6.45, 7) is 2.04. The zero-order chi connectivity index (χ0) is 12.1. The molecule has 0 aliphatic carbocycles. The maximum Gasteiger partial charge on any atom is 0.0650 e. The lowest BCUT2D eigenvalue weighted by Crippen LogP contribution is -1.92. The number of pyridine rings is 2. The summed E-state index contributed by atoms with van der Waals surface area (Å²) in [4.78, 5) is 8.28. The minimum atomic E-state index is 0.647. The minimum absolute atomic E-state index is 0.647. The quantitative estimate of drug-likeness (QED) is 0.719. The van der Waals surface area contributed by atoms with E-state index in [-0.39, 0.29) is 0 Å². The van der Waals surface area contributed by atoms with Gasteiger partial charge in [-0.05, 0) is 24.6 Å². The van der Waals surface area contributed by atoms with E-state index < -0.39 is 0 Å². The van der Waals surface area contributed by atoms with Gasteiger partial charge in [0.2, 0.25) is 0 Å². The summed E-state index contributed by atoms with van der Waals surface area (Å²) in [7, 11) is 0.